The Morgan fingerprint density at radius 2 is 0.864 bits per heavy atom. The van der Waals surface area contributed by atoms with Gasteiger partial charge < -0.3 is 5.11 Å². The van der Waals surface area contributed by atoms with E-state index in [1.54, 1.807) is 0 Å². The Labute approximate surface area is 198 Å². The van der Waals surface area contributed by atoms with Crippen LogP contribution in [-0.4, -0.2) is 86.6 Å². The van der Waals surface area contributed by atoms with Gasteiger partial charge in [0, 0.05) is 81.9 Å². The molecule has 22 heavy (non-hydrogen) atoms. The van der Waals surface area contributed by atoms with Crippen molar-refractivity contribution in [2.45, 2.75) is 110 Å². The van der Waals surface area contributed by atoms with Crippen molar-refractivity contribution in [1.82, 2.24) is 0 Å². The predicted molar refractivity (Wildman–Crippen MR) is 98.7 cm³/mol. The van der Waals surface area contributed by atoms with Gasteiger partial charge in [-0.25, -0.2) is 0 Å². The minimum absolute atomic E-state index is 0. The van der Waals surface area contributed by atoms with E-state index in [4.69, 9.17) is 5.11 Å². The smallest absolute Gasteiger partial charge is 0.303 e. The van der Waals surface area contributed by atoms with Crippen molar-refractivity contribution in [2.75, 3.05) is 0 Å². The molecule has 124 valence electrons. The first-order valence-electron chi connectivity index (χ1n) is 8.99. The largest absolute Gasteiger partial charge is 0.481 e. The zero-order valence-electron chi connectivity index (χ0n) is 15.1. The maximum absolute atomic E-state index is 10.3. The first-order chi connectivity index (χ1) is 9.77. The Hall–Kier alpha value is 1.99. The fraction of sp³-hybridized carbons (Fsp3) is 0.944. The fourth-order valence-corrected chi connectivity index (χ4v) is 2.65. The van der Waals surface area contributed by atoms with Gasteiger partial charge in [-0.2, -0.15) is 0 Å². The maximum Gasteiger partial charge on any atom is 0.303 e. The molecular formula is C18H36Ca2O2. The van der Waals surface area contributed by atoms with Crippen molar-refractivity contribution in [3.8, 4) is 0 Å². The molecule has 2 nitrogen and oxygen atoms in total. The van der Waals surface area contributed by atoms with Crippen LogP contribution in [0, 0.1) is 0 Å². The zero-order valence-corrected chi connectivity index (χ0v) is 19.5. The maximum atomic E-state index is 10.3. The van der Waals surface area contributed by atoms with E-state index in [0.717, 1.165) is 12.8 Å². The minimum Gasteiger partial charge on any atom is -0.481 e. The van der Waals surface area contributed by atoms with Crippen molar-refractivity contribution in [2.24, 2.45) is 0 Å². The van der Waals surface area contributed by atoms with Crippen molar-refractivity contribution in [1.29, 1.82) is 0 Å². The minimum atomic E-state index is -0.653. The van der Waals surface area contributed by atoms with Gasteiger partial charge in [-0.3, -0.25) is 4.79 Å². The van der Waals surface area contributed by atoms with Gasteiger partial charge >= 0.3 is 5.97 Å². The first kappa shape index (κ1) is 28.8. The van der Waals surface area contributed by atoms with Gasteiger partial charge in [0.05, 0.1) is 0 Å². The molecule has 0 amide bonds. The van der Waals surface area contributed by atoms with Gasteiger partial charge in [-0.05, 0) is 6.42 Å². The number of carboxylic acids is 1. The molecule has 0 rings (SSSR count). The van der Waals surface area contributed by atoms with Crippen LogP contribution < -0.4 is 0 Å². The van der Waals surface area contributed by atoms with Crippen LogP contribution in [0.1, 0.15) is 110 Å². The standard InChI is InChI=1S/C18H36O2.2Ca/c1-2-3-4-5-6-7-8-9-10-11-12-13-14-15-16-17-18(19)20;;/h2-17H2,1H3,(H,19,20);;. The Bertz CT molecular complexity index is 211. The van der Waals surface area contributed by atoms with Crippen LogP contribution >= 0.6 is 0 Å². The van der Waals surface area contributed by atoms with Gasteiger partial charge in [-0.1, -0.05) is 96.8 Å². The van der Waals surface area contributed by atoms with Crippen molar-refractivity contribution in [3.05, 3.63) is 0 Å². The molecule has 0 saturated carbocycles. The van der Waals surface area contributed by atoms with Crippen LogP contribution in [0.2, 0.25) is 0 Å². The van der Waals surface area contributed by atoms with E-state index in [0.29, 0.717) is 6.42 Å². The predicted octanol–water partition coefficient (Wildman–Crippen LogP) is 5.57. The van der Waals surface area contributed by atoms with Gasteiger partial charge in [0.15, 0.2) is 0 Å². The second-order valence-electron chi connectivity index (χ2n) is 6.09. The van der Waals surface area contributed by atoms with Crippen LogP contribution in [-0.2, 0) is 4.79 Å². The summed E-state index contributed by atoms with van der Waals surface area (Å²) in [6, 6.07) is 0. The molecule has 0 spiro atoms. The van der Waals surface area contributed by atoms with Gasteiger partial charge in [0.2, 0.25) is 0 Å². The van der Waals surface area contributed by atoms with Gasteiger partial charge in [0.25, 0.3) is 0 Å². The van der Waals surface area contributed by atoms with E-state index in [9.17, 15) is 4.79 Å². The number of carbonyl (C=O) groups is 1. The summed E-state index contributed by atoms with van der Waals surface area (Å²) in [4.78, 5) is 10.3. The quantitative estimate of drug-likeness (QED) is 0.287. The van der Waals surface area contributed by atoms with Crippen LogP contribution in [0.15, 0.2) is 0 Å². The van der Waals surface area contributed by atoms with E-state index in [1.807, 2.05) is 0 Å². The molecule has 4 radical (unpaired) electrons. The number of hydrogen-bond donors (Lipinski definition) is 1. The SMILES string of the molecule is CCCCCCCCCCCCCCCCCC(=O)O.[Ca].[Ca]. The molecule has 0 aliphatic rings. The van der Waals surface area contributed by atoms with E-state index >= 15 is 0 Å². The number of aliphatic carboxylic acids is 1. The Morgan fingerprint density at radius 3 is 1.14 bits per heavy atom. The second-order valence-corrected chi connectivity index (χ2v) is 6.09. The third kappa shape index (κ3) is 26.9. The molecule has 0 bridgehead atoms. The molecule has 0 fully saturated rings. The number of unbranched alkanes of at least 4 members (excludes halogenated alkanes) is 14. The average molecular weight is 365 g/mol. The first-order valence-corrected chi connectivity index (χ1v) is 8.99. The molecule has 0 aliphatic heterocycles. The van der Waals surface area contributed by atoms with Crippen LogP contribution in [0.3, 0.4) is 0 Å². The topological polar surface area (TPSA) is 37.3 Å². The molecule has 4 heteroatoms. The van der Waals surface area contributed by atoms with Crippen LogP contribution in [0.25, 0.3) is 0 Å². The molecule has 0 unspecified atom stereocenters. The number of rotatable bonds is 16. The molecule has 1 N–H and O–H groups in total. The second kappa shape index (κ2) is 25.2. The van der Waals surface area contributed by atoms with E-state index in [1.165, 1.54) is 83.5 Å². The normalized spacial score (nSPS) is 9.86. The summed E-state index contributed by atoms with van der Waals surface area (Å²) in [5.41, 5.74) is 0. The number of hydrogen-bond acceptors (Lipinski definition) is 1. The summed E-state index contributed by atoms with van der Waals surface area (Å²) in [5, 5.41) is 8.52. The summed E-state index contributed by atoms with van der Waals surface area (Å²) in [7, 11) is 0. The summed E-state index contributed by atoms with van der Waals surface area (Å²) < 4.78 is 0. The Balaban J connectivity index is -0.00000180. The molecule has 0 atom stereocenters. The molecule has 0 aromatic heterocycles. The number of carboxylic acid groups (broad SMARTS) is 1. The van der Waals surface area contributed by atoms with Crippen molar-refractivity contribution >= 4 is 81.4 Å². The molecule has 0 aliphatic carbocycles. The zero-order chi connectivity index (χ0) is 14.9. The molecule has 0 heterocycles. The molecule has 0 saturated heterocycles. The fourth-order valence-electron chi connectivity index (χ4n) is 2.65. The summed E-state index contributed by atoms with van der Waals surface area (Å²) >= 11 is 0. The van der Waals surface area contributed by atoms with E-state index < -0.39 is 5.97 Å². The Kier molecular flexibility index (Phi) is 33.0. The van der Waals surface area contributed by atoms with Gasteiger partial charge in [-0.15, -0.1) is 0 Å². The molecular weight excluding hydrogens is 328 g/mol. The summed E-state index contributed by atoms with van der Waals surface area (Å²) in [6.45, 7) is 2.27. The summed E-state index contributed by atoms with van der Waals surface area (Å²) in [6.07, 6.45) is 20.2. The molecule has 0 aromatic rings. The van der Waals surface area contributed by atoms with E-state index in [2.05, 4.69) is 6.92 Å². The summed E-state index contributed by atoms with van der Waals surface area (Å²) in [5.74, 6) is -0.653. The van der Waals surface area contributed by atoms with Crippen molar-refractivity contribution < 1.29 is 9.90 Å². The third-order valence-electron chi connectivity index (χ3n) is 3.99. The third-order valence-corrected chi connectivity index (χ3v) is 3.99. The van der Waals surface area contributed by atoms with Crippen LogP contribution in [0.4, 0.5) is 0 Å². The van der Waals surface area contributed by atoms with Crippen LogP contribution in [0.5, 0.6) is 0 Å². The van der Waals surface area contributed by atoms with Crippen molar-refractivity contribution in [3.63, 3.8) is 0 Å². The van der Waals surface area contributed by atoms with Gasteiger partial charge in [0.1, 0.15) is 0 Å². The Morgan fingerprint density at radius 1 is 0.591 bits per heavy atom. The van der Waals surface area contributed by atoms with E-state index in [-0.39, 0.29) is 75.5 Å². The molecule has 0 aromatic carbocycles. The average Bonchev–Trinajstić information content (AvgIpc) is 2.43. The monoisotopic (exact) mass is 364 g/mol.